The minimum Gasteiger partial charge on any atom is -0.398 e. The van der Waals surface area contributed by atoms with Gasteiger partial charge in [-0.25, -0.2) is 13.2 Å². The van der Waals surface area contributed by atoms with Crippen molar-refractivity contribution >= 4 is 11.4 Å². The normalized spacial score (nSPS) is 11.5. The van der Waals surface area contributed by atoms with Crippen molar-refractivity contribution in [2.75, 3.05) is 17.6 Å². The number of benzene rings is 2. The fourth-order valence-electron chi connectivity index (χ4n) is 2.38. The highest BCUT2D eigenvalue weighted by Crippen LogP contribution is 2.31. The lowest BCUT2D eigenvalue weighted by atomic mass is 10.0. The molecule has 0 aliphatic rings. The topological polar surface area (TPSA) is 38.0 Å². The van der Waals surface area contributed by atoms with Crippen LogP contribution in [0.5, 0.6) is 0 Å². The lowest BCUT2D eigenvalue weighted by molar-refractivity contribution is 0.0169. The molecule has 5 heteroatoms. The van der Waals surface area contributed by atoms with Crippen molar-refractivity contribution < 1.29 is 13.2 Å². The molecule has 0 radical (unpaired) electrons. The number of hydrogen-bond donors (Lipinski definition) is 2. The average Bonchev–Trinajstić information content (AvgIpc) is 2.42. The van der Waals surface area contributed by atoms with Gasteiger partial charge in [0, 0.05) is 36.0 Å². The standard InChI is InChI=1S/C17H19F3N2/c1-11-6-7-12(10-14(11)17(2,19)20)22-9-8-13-15(18)4-3-5-16(13)21/h3-7,10,22H,8-9,21H2,1-2H3. The molecule has 0 heterocycles. The van der Waals surface area contributed by atoms with E-state index in [2.05, 4.69) is 5.32 Å². The summed E-state index contributed by atoms with van der Waals surface area (Å²) in [5, 5.41) is 3.03. The van der Waals surface area contributed by atoms with Crippen LogP contribution < -0.4 is 11.1 Å². The number of aryl methyl sites for hydroxylation is 1. The lowest BCUT2D eigenvalue weighted by Gasteiger charge is -2.16. The number of alkyl halides is 2. The van der Waals surface area contributed by atoms with Crippen LogP contribution in [0.4, 0.5) is 24.5 Å². The Bertz CT molecular complexity index is 643. The van der Waals surface area contributed by atoms with Gasteiger partial charge < -0.3 is 11.1 Å². The van der Waals surface area contributed by atoms with E-state index in [1.54, 1.807) is 31.2 Å². The first-order valence-corrected chi connectivity index (χ1v) is 7.04. The van der Waals surface area contributed by atoms with Gasteiger partial charge in [0.2, 0.25) is 0 Å². The molecule has 2 nitrogen and oxygen atoms in total. The fraction of sp³-hybridized carbons (Fsp3) is 0.294. The van der Waals surface area contributed by atoms with E-state index in [1.807, 2.05) is 0 Å². The van der Waals surface area contributed by atoms with Crippen LogP contribution in [-0.4, -0.2) is 6.54 Å². The first-order chi connectivity index (χ1) is 10.3. The summed E-state index contributed by atoms with van der Waals surface area (Å²) >= 11 is 0. The first-order valence-electron chi connectivity index (χ1n) is 7.04. The zero-order valence-electron chi connectivity index (χ0n) is 12.6. The third-order valence-corrected chi connectivity index (χ3v) is 3.57. The molecule has 0 aliphatic carbocycles. The maximum Gasteiger partial charge on any atom is 0.270 e. The second-order valence-electron chi connectivity index (χ2n) is 5.40. The van der Waals surface area contributed by atoms with Gasteiger partial charge in [-0.05, 0) is 43.2 Å². The molecule has 0 aromatic heterocycles. The molecule has 0 unspecified atom stereocenters. The maximum absolute atomic E-state index is 13.6. The number of anilines is 2. The number of rotatable bonds is 5. The summed E-state index contributed by atoms with van der Waals surface area (Å²) < 4.78 is 40.6. The number of nitrogens with two attached hydrogens (primary N) is 1. The summed E-state index contributed by atoms with van der Waals surface area (Å²) in [6.45, 7) is 2.93. The Hall–Kier alpha value is -2.17. The second kappa shape index (κ2) is 6.30. The van der Waals surface area contributed by atoms with Gasteiger partial charge in [0.1, 0.15) is 5.82 Å². The second-order valence-corrected chi connectivity index (χ2v) is 5.40. The van der Waals surface area contributed by atoms with E-state index in [9.17, 15) is 13.2 Å². The average molecular weight is 308 g/mol. The molecular weight excluding hydrogens is 289 g/mol. The Labute approximate surface area is 128 Å². The van der Waals surface area contributed by atoms with Gasteiger partial charge in [-0.3, -0.25) is 0 Å². The molecule has 22 heavy (non-hydrogen) atoms. The molecule has 0 saturated carbocycles. The van der Waals surface area contributed by atoms with Gasteiger partial charge in [-0.1, -0.05) is 12.1 Å². The molecule has 2 aromatic carbocycles. The molecule has 0 bridgehead atoms. The van der Waals surface area contributed by atoms with Crippen LogP contribution >= 0.6 is 0 Å². The van der Waals surface area contributed by atoms with E-state index in [0.717, 1.165) is 6.92 Å². The van der Waals surface area contributed by atoms with E-state index in [-0.39, 0.29) is 11.4 Å². The number of nitrogens with one attached hydrogen (secondary N) is 1. The van der Waals surface area contributed by atoms with Gasteiger partial charge in [0.05, 0.1) is 0 Å². The van der Waals surface area contributed by atoms with Crippen LogP contribution in [0, 0.1) is 12.7 Å². The molecule has 0 spiro atoms. The van der Waals surface area contributed by atoms with Crippen molar-refractivity contribution in [1.29, 1.82) is 0 Å². The first kappa shape index (κ1) is 16.2. The van der Waals surface area contributed by atoms with Crippen molar-refractivity contribution in [2.24, 2.45) is 0 Å². The van der Waals surface area contributed by atoms with Crippen LogP contribution in [0.15, 0.2) is 36.4 Å². The third-order valence-electron chi connectivity index (χ3n) is 3.57. The Morgan fingerprint density at radius 1 is 1.18 bits per heavy atom. The number of nitrogen functional groups attached to an aromatic ring is 1. The SMILES string of the molecule is Cc1ccc(NCCc2c(N)cccc2F)cc1C(C)(F)F. The molecule has 2 rings (SSSR count). The Kier molecular flexibility index (Phi) is 4.64. The quantitative estimate of drug-likeness (QED) is 0.799. The highest BCUT2D eigenvalue weighted by molar-refractivity contribution is 5.51. The Balaban J connectivity index is 2.07. The fourth-order valence-corrected chi connectivity index (χ4v) is 2.38. The molecule has 118 valence electrons. The van der Waals surface area contributed by atoms with E-state index in [1.165, 1.54) is 12.1 Å². The highest BCUT2D eigenvalue weighted by atomic mass is 19.3. The third kappa shape index (κ3) is 3.72. The summed E-state index contributed by atoms with van der Waals surface area (Å²) in [6.07, 6.45) is 0.379. The van der Waals surface area contributed by atoms with Crippen molar-refractivity contribution in [3.63, 3.8) is 0 Å². The Morgan fingerprint density at radius 3 is 2.55 bits per heavy atom. The van der Waals surface area contributed by atoms with Crippen molar-refractivity contribution in [3.8, 4) is 0 Å². The van der Waals surface area contributed by atoms with E-state index in [4.69, 9.17) is 5.73 Å². The molecule has 2 aromatic rings. The van der Waals surface area contributed by atoms with Gasteiger partial charge in [0.25, 0.3) is 5.92 Å². The van der Waals surface area contributed by atoms with Gasteiger partial charge in [-0.15, -0.1) is 0 Å². The lowest BCUT2D eigenvalue weighted by Crippen LogP contribution is -2.12. The monoisotopic (exact) mass is 308 g/mol. The smallest absolute Gasteiger partial charge is 0.270 e. The van der Waals surface area contributed by atoms with Gasteiger partial charge >= 0.3 is 0 Å². The molecule has 0 atom stereocenters. The largest absolute Gasteiger partial charge is 0.398 e. The summed E-state index contributed by atoms with van der Waals surface area (Å²) in [7, 11) is 0. The zero-order valence-corrected chi connectivity index (χ0v) is 12.6. The van der Waals surface area contributed by atoms with Crippen LogP contribution in [0.2, 0.25) is 0 Å². The predicted octanol–water partition coefficient (Wildman–Crippen LogP) is 4.48. The van der Waals surface area contributed by atoms with E-state index >= 15 is 0 Å². The molecule has 0 saturated heterocycles. The molecule has 0 amide bonds. The summed E-state index contributed by atoms with van der Waals surface area (Å²) in [5.41, 5.74) is 7.67. The summed E-state index contributed by atoms with van der Waals surface area (Å²) in [6, 6.07) is 9.35. The van der Waals surface area contributed by atoms with Crippen LogP contribution in [0.25, 0.3) is 0 Å². The van der Waals surface area contributed by atoms with E-state index < -0.39 is 5.92 Å². The van der Waals surface area contributed by atoms with Crippen molar-refractivity contribution in [1.82, 2.24) is 0 Å². The predicted molar refractivity (Wildman–Crippen MR) is 83.8 cm³/mol. The maximum atomic E-state index is 13.6. The number of hydrogen-bond acceptors (Lipinski definition) is 2. The van der Waals surface area contributed by atoms with Crippen LogP contribution in [-0.2, 0) is 12.3 Å². The molecule has 0 fully saturated rings. The van der Waals surface area contributed by atoms with Crippen LogP contribution in [0.1, 0.15) is 23.6 Å². The van der Waals surface area contributed by atoms with Gasteiger partial charge in [0.15, 0.2) is 0 Å². The zero-order chi connectivity index (χ0) is 16.3. The molecular formula is C17H19F3N2. The summed E-state index contributed by atoms with van der Waals surface area (Å²) in [5.74, 6) is -3.25. The van der Waals surface area contributed by atoms with Crippen molar-refractivity contribution in [2.45, 2.75) is 26.2 Å². The number of halogens is 3. The highest BCUT2D eigenvalue weighted by Gasteiger charge is 2.26. The summed E-state index contributed by atoms with van der Waals surface area (Å²) in [4.78, 5) is 0. The van der Waals surface area contributed by atoms with Crippen molar-refractivity contribution in [3.05, 3.63) is 58.9 Å². The van der Waals surface area contributed by atoms with Gasteiger partial charge in [-0.2, -0.15) is 0 Å². The molecule has 3 N–H and O–H groups in total. The Morgan fingerprint density at radius 2 is 1.91 bits per heavy atom. The minimum atomic E-state index is -2.89. The van der Waals surface area contributed by atoms with E-state index in [0.29, 0.717) is 35.5 Å². The minimum absolute atomic E-state index is 0.0112. The molecule has 0 aliphatic heterocycles. The van der Waals surface area contributed by atoms with Crippen LogP contribution in [0.3, 0.4) is 0 Å².